The zero-order valence-electron chi connectivity index (χ0n) is 13.3. The normalized spacial score (nSPS) is 12.4. The van der Waals surface area contributed by atoms with Crippen molar-refractivity contribution in [3.05, 3.63) is 60.2 Å². The fraction of sp³-hybridized carbons (Fsp3) is 0.235. The van der Waals surface area contributed by atoms with Crippen LogP contribution < -0.4 is 15.8 Å². The van der Waals surface area contributed by atoms with Crippen LogP contribution >= 0.6 is 0 Å². The SMILES string of the molecule is CS(=O)(=O)CCOc1cccc(NC(C(N)=O)c2ccccc2)c1. The molecule has 0 fully saturated rings. The second-order valence-electron chi connectivity index (χ2n) is 5.40. The first-order chi connectivity index (χ1) is 11.3. The summed E-state index contributed by atoms with van der Waals surface area (Å²) in [5, 5.41) is 3.07. The molecule has 2 aromatic rings. The lowest BCUT2D eigenvalue weighted by molar-refractivity contribution is -0.118. The van der Waals surface area contributed by atoms with Gasteiger partial charge in [-0.25, -0.2) is 8.42 Å². The second-order valence-corrected chi connectivity index (χ2v) is 7.66. The largest absolute Gasteiger partial charge is 0.492 e. The van der Waals surface area contributed by atoms with E-state index < -0.39 is 21.8 Å². The third kappa shape index (κ3) is 5.58. The Morgan fingerprint density at radius 2 is 1.88 bits per heavy atom. The number of hydrogen-bond donors (Lipinski definition) is 2. The number of carbonyl (C=O) groups is 1. The van der Waals surface area contributed by atoms with Crippen LogP contribution in [0.1, 0.15) is 11.6 Å². The van der Waals surface area contributed by atoms with E-state index in [2.05, 4.69) is 5.32 Å². The summed E-state index contributed by atoms with van der Waals surface area (Å²) in [5.41, 5.74) is 6.89. The Morgan fingerprint density at radius 1 is 1.17 bits per heavy atom. The predicted molar refractivity (Wildman–Crippen MR) is 93.6 cm³/mol. The number of carbonyl (C=O) groups excluding carboxylic acids is 1. The Kier molecular flexibility index (Phi) is 5.81. The van der Waals surface area contributed by atoms with E-state index in [1.54, 1.807) is 24.3 Å². The van der Waals surface area contributed by atoms with Gasteiger partial charge in [-0.15, -0.1) is 0 Å². The highest BCUT2D eigenvalue weighted by Crippen LogP contribution is 2.23. The monoisotopic (exact) mass is 348 g/mol. The van der Waals surface area contributed by atoms with Gasteiger partial charge in [-0.3, -0.25) is 4.79 Å². The maximum atomic E-state index is 11.7. The van der Waals surface area contributed by atoms with Crippen LogP contribution in [-0.4, -0.2) is 32.9 Å². The van der Waals surface area contributed by atoms with Crippen molar-refractivity contribution in [3.63, 3.8) is 0 Å². The summed E-state index contributed by atoms with van der Waals surface area (Å²) in [4.78, 5) is 11.7. The van der Waals surface area contributed by atoms with Gasteiger partial charge in [-0.1, -0.05) is 36.4 Å². The smallest absolute Gasteiger partial charge is 0.244 e. The van der Waals surface area contributed by atoms with E-state index >= 15 is 0 Å². The Morgan fingerprint density at radius 3 is 2.50 bits per heavy atom. The molecule has 6 nitrogen and oxygen atoms in total. The molecule has 7 heteroatoms. The molecule has 0 bridgehead atoms. The van der Waals surface area contributed by atoms with Crippen LogP contribution in [0.15, 0.2) is 54.6 Å². The molecular formula is C17H20N2O4S. The van der Waals surface area contributed by atoms with Crippen molar-refractivity contribution >= 4 is 21.4 Å². The highest BCUT2D eigenvalue weighted by atomic mass is 32.2. The van der Waals surface area contributed by atoms with Crippen molar-refractivity contribution in [2.75, 3.05) is 23.9 Å². The number of nitrogens with one attached hydrogen (secondary N) is 1. The molecule has 0 aromatic heterocycles. The predicted octanol–water partition coefficient (Wildman–Crippen LogP) is 1.75. The van der Waals surface area contributed by atoms with E-state index in [9.17, 15) is 13.2 Å². The van der Waals surface area contributed by atoms with E-state index in [4.69, 9.17) is 10.5 Å². The van der Waals surface area contributed by atoms with Crippen LogP contribution in [0.4, 0.5) is 5.69 Å². The lowest BCUT2D eigenvalue weighted by Crippen LogP contribution is -2.27. The fourth-order valence-corrected chi connectivity index (χ4v) is 2.50. The number of benzene rings is 2. The second kappa shape index (κ2) is 7.83. The standard InChI is InChI=1S/C17H20N2O4S/c1-24(21,22)11-10-23-15-9-5-8-14(12-15)19-16(17(18)20)13-6-3-2-4-7-13/h2-9,12,16,19H,10-11H2,1H3,(H2,18,20). The Balaban J connectivity index is 2.08. The van der Waals surface area contributed by atoms with Gasteiger partial charge < -0.3 is 15.8 Å². The quantitative estimate of drug-likeness (QED) is 0.757. The zero-order valence-corrected chi connectivity index (χ0v) is 14.1. The number of rotatable bonds is 8. The number of nitrogens with two attached hydrogens (primary N) is 1. The van der Waals surface area contributed by atoms with Crippen molar-refractivity contribution in [3.8, 4) is 5.75 Å². The molecule has 1 amide bonds. The topological polar surface area (TPSA) is 98.5 Å². The molecule has 128 valence electrons. The van der Waals surface area contributed by atoms with Gasteiger partial charge in [-0.05, 0) is 17.7 Å². The van der Waals surface area contributed by atoms with Gasteiger partial charge in [0.05, 0.1) is 5.75 Å². The van der Waals surface area contributed by atoms with E-state index in [1.807, 2.05) is 30.3 Å². The van der Waals surface area contributed by atoms with Gasteiger partial charge in [0.2, 0.25) is 5.91 Å². The van der Waals surface area contributed by atoms with E-state index in [0.29, 0.717) is 11.4 Å². The molecule has 0 heterocycles. The fourth-order valence-electron chi connectivity index (χ4n) is 2.12. The molecule has 0 aliphatic carbocycles. The average Bonchev–Trinajstić information content (AvgIpc) is 2.52. The third-order valence-corrected chi connectivity index (χ3v) is 4.19. The van der Waals surface area contributed by atoms with E-state index in [-0.39, 0.29) is 12.4 Å². The summed E-state index contributed by atoms with van der Waals surface area (Å²) in [7, 11) is -3.07. The molecule has 1 atom stereocenters. The lowest BCUT2D eigenvalue weighted by Gasteiger charge is -2.17. The van der Waals surface area contributed by atoms with E-state index in [1.165, 1.54) is 0 Å². The van der Waals surface area contributed by atoms with Crippen LogP contribution in [0.2, 0.25) is 0 Å². The van der Waals surface area contributed by atoms with Gasteiger partial charge in [0.15, 0.2) is 9.84 Å². The van der Waals surface area contributed by atoms with Crippen LogP contribution in [0.3, 0.4) is 0 Å². The van der Waals surface area contributed by atoms with Crippen molar-refractivity contribution in [2.45, 2.75) is 6.04 Å². The molecule has 0 spiro atoms. The van der Waals surface area contributed by atoms with Gasteiger partial charge in [0.25, 0.3) is 0 Å². The highest BCUT2D eigenvalue weighted by molar-refractivity contribution is 7.90. The molecule has 0 radical (unpaired) electrons. The molecule has 1 unspecified atom stereocenters. The molecule has 2 rings (SSSR count). The maximum absolute atomic E-state index is 11.7. The number of anilines is 1. The molecule has 24 heavy (non-hydrogen) atoms. The van der Waals surface area contributed by atoms with Gasteiger partial charge >= 0.3 is 0 Å². The first-order valence-corrected chi connectivity index (χ1v) is 9.42. The zero-order chi connectivity index (χ0) is 17.6. The molecule has 0 saturated carbocycles. The van der Waals surface area contributed by atoms with Crippen molar-refractivity contribution in [1.29, 1.82) is 0 Å². The third-order valence-electron chi connectivity index (χ3n) is 3.29. The maximum Gasteiger partial charge on any atom is 0.244 e. The van der Waals surface area contributed by atoms with Crippen LogP contribution in [0.5, 0.6) is 5.75 Å². The lowest BCUT2D eigenvalue weighted by atomic mass is 10.1. The number of amides is 1. The van der Waals surface area contributed by atoms with Crippen molar-refractivity contribution in [2.24, 2.45) is 5.73 Å². The molecule has 3 N–H and O–H groups in total. The molecule has 0 aliphatic rings. The number of ether oxygens (including phenoxy) is 1. The summed E-state index contributed by atoms with van der Waals surface area (Å²) in [5.74, 6) is -0.0389. The first-order valence-electron chi connectivity index (χ1n) is 7.36. The number of primary amides is 1. The van der Waals surface area contributed by atoms with Crippen molar-refractivity contribution in [1.82, 2.24) is 0 Å². The van der Waals surface area contributed by atoms with Crippen LogP contribution in [-0.2, 0) is 14.6 Å². The summed E-state index contributed by atoms with van der Waals surface area (Å²) in [6.07, 6.45) is 1.16. The van der Waals surface area contributed by atoms with Gasteiger partial charge in [0, 0.05) is 18.0 Å². The molecule has 0 saturated heterocycles. The van der Waals surface area contributed by atoms with E-state index in [0.717, 1.165) is 11.8 Å². The van der Waals surface area contributed by atoms with Crippen molar-refractivity contribution < 1.29 is 17.9 Å². The first kappa shape index (κ1) is 17.8. The minimum absolute atomic E-state index is 0.0570. The molecule has 2 aromatic carbocycles. The van der Waals surface area contributed by atoms with Crippen LogP contribution in [0, 0.1) is 0 Å². The number of sulfone groups is 1. The van der Waals surface area contributed by atoms with Crippen LogP contribution in [0.25, 0.3) is 0 Å². The Labute approximate surface area is 141 Å². The van der Waals surface area contributed by atoms with Gasteiger partial charge in [-0.2, -0.15) is 0 Å². The minimum Gasteiger partial charge on any atom is -0.492 e. The Bertz CT molecular complexity index is 791. The molecule has 0 aliphatic heterocycles. The number of hydrogen-bond acceptors (Lipinski definition) is 5. The minimum atomic E-state index is -3.07. The summed E-state index contributed by atoms with van der Waals surface area (Å²) < 4.78 is 27.7. The van der Waals surface area contributed by atoms with Gasteiger partial charge in [0.1, 0.15) is 18.4 Å². The average molecular weight is 348 g/mol. The Hall–Kier alpha value is -2.54. The summed E-state index contributed by atoms with van der Waals surface area (Å²) >= 11 is 0. The summed E-state index contributed by atoms with van der Waals surface area (Å²) in [6.45, 7) is 0.0697. The molecular weight excluding hydrogens is 328 g/mol. The highest BCUT2D eigenvalue weighted by Gasteiger charge is 2.17. The summed E-state index contributed by atoms with van der Waals surface area (Å²) in [6, 6.07) is 15.4.